The molecule has 3 fully saturated rings. The van der Waals surface area contributed by atoms with Gasteiger partial charge in [0.05, 0.1) is 6.54 Å². The van der Waals surface area contributed by atoms with Crippen molar-refractivity contribution in [2.45, 2.75) is 51.0 Å². The lowest BCUT2D eigenvalue weighted by Crippen LogP contribution is -2.44. The fourth-order valence-electron chi connectivity index (χ4n) is 3.09. The van der Waals surface area contributed by atoms with Crippen molar-refractivity contribution in [2.24, 2.45) is 11.8 Å². The normalized spacial score (nSPS) is 25.4. The van der Waals surface area contributed by atoms with Gasteiger partial charge < -0.3 is 10.2 Å². The Hall–Kier alpha value is -0.570. The van der Waals surface area contributed by atoms with Crippen molar-refractivity contribution in [3.63, 3.8) is 0 Å². The van der Waals surface area contributed by atoms with Crippen molar-refractivity contribution < 1.29 is 4.79 Å². The molecule has 3 nitrogen and oxygen atoms in total. The number of piperidine rings is 1. The number of nitrogens with zero attached hydrogens (tertiary/aromatic N) is 1. The zero-order chi connectivity index (χ0) is 11.7. The predicted molar refractivity (Wildman–Crippen MR) is 67.7 cm³/mol. The molecule has 2 aliphatic carbocycles. The summed E-state index contributed by atoms with van der Waals surface area (Å²) in [6.07, 6.45) is 9.21. The predicted octanol–water partition coefficient (Wildman–Crippen LogP) is 1.78. The summed E-state index contributed by atoms with van der Waals surface area (Å²) in [4.78, 5) is 14.1. The van der Waals surface area contributed by atoms with Crippen LogP contribution in [0.2, 0.25) is 0 Å². The first-order valence-electron chi connectivity index (χ1n) is 7.36. The maximum Gasteiger partial charge on any atom is 0.236 e. The van der Waals surface area contributed by atoms with Crippen molar-refractivity contribution in [1.82, 2.24) is 10.2 Å². The van der Waals surface area contributed by atoms with Crippen LogP contribution in [0, 0.1) is 11.8 Å². The minimum atomic E-state index is 0.330. The van der Waals surface area contributed by atoms with Gasteiger partial charge in [-0.05, 0) is 56.8 Å². The third kappa shape index (κ3) is 3.01. The summed E-state index contributed by atoms with van der Waals surface area (Å²) >= 11 is 0. The van der Waals surface area contributed by atoms with E-state index in [1.165, 1.54) is 44.9 Å². The fraction of sp³-hybridized carbons (Fsp3) is 0.929. The molecule has 96 valence electrons. The van der Waals surface area contributed by atoms with Gasteiger partial charge in [-0.15, -0.1) is 0 Å². The molecular weight excluding hydrogens is 212 g/mol. The van der Waals surface area contributed by atoms with Crippen LogP contribution in [0.1, 0.15) is 44.9 Å². The third-order valence-corrected chi connectivity index (χ3v) is 4.46. The van der Waals surface area contributed by atoms with Crippen LogP contribution in [-0.4, -0.2) is 36.5 Å². The van der Waals surface area contributed by atoms with Gasteiger partial charge in [-0.3, -0.25) is 4.79 Å². The molecular formula is C14H24N2O. The fourth-order valence-corrected chi connectivity index (χ4v) is 3.09. The van der Waals surface area contributed by atoms with Crippen molar-refractivity contribution in [3.05, 3.63) is 0 Å². The molecule has 0 radical (unpaired) electrons. The Morgan fingerprint density at radius 3 is 2.18 bits per heavy atom. The lowest BCUT2D eigenvalue weighted by Gasteiger charge is -2.28. The van der Waals surface area contributed by atoms with E-state index in [2.05, 4.69) is 5.32 Å². The molecule has 2 saturated carbocycles. The standard InChI is InChI=1S/C14H24N2O/c17-13(16-8-2-1-3-9-16)10-15-14(11-4-5-11)12-6-7-12/h11-12,14-15H,1-10H2. The number of rotatable bonds is 5. The van der Waals surface area contributed by atoms with Crippen LogP contribution in [0.3, 0.4) is 0 Å². The molecule has 3 heteroatoms. The monoisotopic (exact) mass is 236 g/mol. The van der Waals surface area contributed by atoms with Crippen LogP contribution in [0.4, 0.5) is 0 Å². The topological polar surface area (TPSA) is 32.3 Å². The molecule has 0 bridgehead atoms. The summed E-state index contributed by atoms with van der Waals surface area (Å²) in [5.41, 5.74) is 0. The number of carbonyl (C=O) groups is 1. The molecule has 0 aromatic carbocycles. The van der Waals surface area contributed by atoms with Crippen LogP contribution in [-0.2, 0) is 4.79 Å². The maximum atomic E-state index is 12.1. The van der Waals surface area contributed by atoms with E-state index in [0.29, 0.717) is 18.5 Å². The summed E-state index contributed by atoms with van der Waals surface area (Å²) in [5, 5.41) is 3.55. The molecule has 17 heavy (non-hydrogen) atoms. The Morgan fingerprint density at radius 1 is 1.06 bits per heavy atom. The largest absolute Gasteiger partial charge is 0.342 e. The highest BCUT2D eigenvalue weighted by molar-refractivity contribution is 5.78. The van der Waals surface area contributed by atoms with E-state index in [1.807, 2.05) is 4.90 Å². The van der Waals surface area contributed by atoms with Crippen molar-refractivity contribution in [3.8, 4) is 0 Å². The van der Waals surface area contributed by atoms with E-state index in [-0.39, 0.29) is 0 Å². The number of likely N-dealkylation sites (tertiary alicyclic amines) is 1. The Bertz CT molecular complexity index is 266. The lowest BCUT2D eigenvalue weighted by atomic mass is 10.1. The Morgan fingerprint density at radius 2 is 1.65 bits per heavy atom. The van der Waals surface area contributed by atoms with Crippen LogP contribution in [0.25, 0.3) is 0 Å². The van der Waals surface area contributed by atoms with Gasteiger partial charge in [0.15, 0.2) is 0 Å². The van der Waals surface area contributed by atoms with Gasteiger partial charge in [0, 0.05) is 19.1 Å². The molecule has 1 aliphatic heterocycles. The molecule has 1 saturated heterocycles. The van der Waals surface area contributed by atoms with E-state index in [9.17, 15) is 4.79 Å². The highest BCUT2D eigenvalue weighted by Crippen LogP contribution is 2.44. The highest BCUT2D eigenvalue weighted by atomic mass is 16.2. The van der Waals surface area contributed by atoms with Gasteiger partial charge in [-0.2, -0.15) is 0 Å². The van der Waals surface area contributed by atoms with Crippen molar-refractivity contribution >= 4 is 5.91 Å². The molecule has 0 aromatic rings. The van der Waals surface area contributed by atoms with Gasteiger partial charge in [0.25, 0.3) is 0 Å². The second-order valence-electron chi connectivity index (χ2n) is 6.02. The Kier molecular flexibility index (Phi) is 3.37. The van der Waals surface area contributed by atoms with E-state index >= 15 is 0 Å². The first-order valence-corrected chi connectivity index (χ1v) is 7.36. The summed E-state index contributed by atoms with van der Waals surface area (Å²) < 4.78 is 0. The van der Waals surface area contributed by atoms with Gasteiger partial charge >= 0.3 is 0 Å². The van der Waals surface area contributed by atoms with E-state index in [0.717, 1.165) is 24.9 Å². The number of amides is 1. The van der Waals surface area contributed by atoms with Crippen molar-refractivity contribution in [2.75, 3.05) is 19.6 Å². The SMILES string of the molecule is O=C(CNC(C1CC1)C1CC1)N1CCCCC1. The molecule has 0 atom stereocenters. The number of hydrogen-bond donors (Lipinski definition) is 1. The summed E-state index contributed by atoms with van der Waals surface area (Å²) in [6, 6.07) is 0.656. The molecule has 1 heterocycles. The summed E-state index contributed by atoms with van der Waals surface area (Å²) in [6.45, 7) is 2.55. The molecule has 1 amide bonds. The van der Waals surface area contributed by atoms with Crippen LogP contribution in [0.5, 0.6) is 0 Å². The number of nitrogens with one attached hydrogen (secondary N) is 1. The number of hydrogen-bond acceptors (Lipinski definition) is 2. The zero-order valence-corrected chi connectivity index (χ0v) is 10.7. The molecule has 0 spiro atoms. The maximum absolute atomic E-state index is 12.1. The van der Waals surface area contributed by atoms with E-state index in [4.69, 9.17) is 0 Å². The zero-order valence-electron chi connectivity index (χ0n) is 10.7. The molecule has 0 aromatic heterocycles. The van der Waals surface area contributed by atoms with Gasteiger partial charge in [-0.25, -0.2) is 0 Å². The van der Waals surface area contributed by atoms with Crippen LogP contribution < -0.4 is 5.32 Å². The lowest BCUT2D eigenvalue weighted by molar-refractivity contribution is -0.131. The minimum absolute atomic E-state index is 0.330. The number of carbonyl (C=O) groups excluding carboxylic acids is 1. The van der Waals surface area contributed by atoms with Crippen LogP contribution in [0.15, 0.2) is 0 Å². The molecule has 0 unspecified atom stereocenters. The third-order valence-electron chi connectivity index (χ3n) is 4.46. The van der Waals surface area contributed by atoms with Gasteiger partial charge in [-0.1, -0.05) is 0 Å². The summed E-state index contributed by atoms with van der Waals surface area (Å²) in [7, 11) is 0. The van der Waals surface area contributed by atoms with Crippen molar-refractivity contribution in [1.29, 1.82) is 0 Å². The average Bonchev–Trinajstić information content (AvgIpc) is 3.24. The highest BCUT2D eigenvalue weighted by Gasteiger charge is 2.41. The molecule has 3 aliphatic rings. The summed E-state index contributed by atoms with van der Waals surface area (Å²) in [5.74, 6) is 2.10. The first-order chi connectivity index (χ1) is 8.34. The Labute approximate surface area is 104 Å². The molecule has 3 rings (SSSR count). The van der Waals surface area contributed by atoms with Gasteiger partial charge in [0.1, 0.15) is 0 Å². The molecule has 1 N–H and O–H groups in total. The smallest absolute Gasteiger partial charge is 0.236 e. The Balaban J connectivity index is 1.44. The second-order valence-corrected chi connectivity index (χ2v) is 6.02. The average molecular weight is 236 g/mol. The first kappa shape index (κ1) is 11.5. The van der Waals surface area contributed by atoms with Crippen LogP contribution >= 0.6 is 0 Å². The van der Waals surface area contributed by atoms with E-state index in [1.54, 1.807) is 0 Å². The quantitative estimate of drug-likeness (QED) is 0.789. The second kappa shape index (κ2) is 4.97. The van der Waals surface area contributed by atoms with Gasteiger partial charge in [0.2, 0.25) is 5.91 Å². The van der Waals surface area contributed by atoms with E-state index < -0.39 is 0 Å². The minimum Gasteiger partial charge on any atom is -0.342 e.